The largest absolute Gasteiger partial charge is 0.0766 e. The fraction of sp³-hybridized carbons (Fsp3) is 0.200. The molecule has 0 N–H and O–H groups in total. The van der Waals surface area contributed by atoms with E-state index in [2.05, 4.69) is 42.5 Å². The molecule has 5 aliphatic carbocycles. The Morgan fingerprint density at radius 1 is 0.700 bits per heavy atom. The predicted molar refractivity (Wildman–Crippen MR) is 82.3 cm³/mol. The third kappa shape index (κ3) is 0.895. The van der Waals surface area contributed by atoms with Gasteiger partial charge in [-0.15, -0.1) is 0 Å². The first-order valence-electron chi connectivity index (χ1n) is 7.59. The van der Waals surface area contributed by atoms with Gasteiger partial charge < -0.3 is 0 Å². The van der Waals surface area contributed by atoms with Crippen LogP contribution in [0.25, 0.3) is 23.3 Å². The molecule has 6 rings (SSSR count). The van der Waals surface area contributed by atoms with Crippen molar-refractivity contribution in [3.8, 4) is 0 Å². The molecule has 0 radical (unpaired) electrons. The van der Waals surface area contributed by atoms with Crippen molar-refractivity contribution in [2.45, 2.75) is 19.3 Å². The lowest BCUT2D eigenvalue weighted by Crippen LogP contribution is -2.49. The molecule has 94 valence electrons. The summed E-state index contributed by atoms with van der Waals surface area (Å²) in [5.41, 5.74) is 8.05. The van der Waals surface area contributed by atoms with E-state index in [1.807, 2.05) is 0 Å². The highest BCUT2D eigenvalue weighted by Gasteiger charge is 2.37. The first-order valence-corrected chi connectivity index (χ1v) is 7.59. The van der Waals surface area contributed by atoms with Crippen LogP contribution in [-0.4, -0.2) is 0 Å². The van der Waals surface area contributed by atoms with Gasteiger partial charge in [0.15, 0.2) is 0 Å². The Balaban J connectivity index is 2.05. The van der Waals surface area contributed by atoms with Crippen LogP contribution >= 0.6 is 0 Å². The third-order valence-electron chi connectivity index (χ3n) is 5.62. The van der Waals surface area contributed by atoms with Crippen molar-refractivity contribution in [1.82, 2.24) is 0 Å². The van der Waals surface area contributed by atoms with Gasteiger partial charge in [0.25, 0.3) is 0 Å². The molecule has 20 heavy (non-hydrogen) atoms. The molecule has 0 heterocycles. The summed E-state index contributed by atoms with van der Waals surface area (Å²) in [5, 5.41) is 6.06. The lowest BCUT2D eigenvalue weighted by molar-refractivity contribution is 0.899. The molecule has 0 amide bonds. The fourth-order valence-corrected chi connectivity index (χ4v) is 4.79. The van der Waals surface area contributed by atoms with Crippen LogP contribution in [0.2, 0.25) is 0 Å². The maximum Gasteiger partial charge on any atom is 0.0323 e. The molecule has 1 aromatic rings. The van der Waals surface area contributed by atoms with Gasteiger partial charge in [-0.05, 0) is 62.4 Å². The maximum absolute atomic E-state index is 2.47. The van der Waals surface area contributed by atoms with Gasteiger partial charge in [-0.1, -0.05) is 48.1 Å². The van der Waals surface area contributed by atoms with Crippen LogP contribution in [0.4, 0.5) is 0 Å². The minimum absolute atomic E-state index is 0.590. The average Bonchev–Trinajstić information content (AvgIpc) is 2.88. The summed E-state index contributed by atoms with van der Waals surface area (Å²) in [4.78, 5) is 0. The molecule has 0 heteroatoms. The molecule has 5 aliphatic rings. The standard InChI is InChI=1S/C20H14/c1-2-12-5-6-14-9-10-15-8-7-13-4-3-11(1)16-17(12)19(14)20(15)18(13)16/h1-3,5,7-9,20H,4,6,10H2. The summed E-state index contributed by atoms with van der Waals surface area (Å²) in [5.74, 6) is 0.590. The number of benzene rings is 1. The van der Waals surface area contributed by atoms with Crippen LogP contribution in [0.15, 0.2) is 47.1 Å². The third-order valence-corrected chi connectivity index (χ3v) is 5.62. The van der Waals surface area contributed by atoms with E-state index in [4.69, 9.17) is 0 Å². The van der Waals surface area contributed by atoms with Crippen molar-refractivity contribution in [1.29, 1.82) is 0 Å². The molecule has 0 bridgehead atoms. The van der Waals surface area contributed by atoms with Gasteiger partial charge in [-0.3, -0.25) is 0 Å². The minimum atomic E-state index is 0.590. The molecule has 0 saturated heterocycles. The Hall–Kier alpha value is -2.08. The van der Waals surface area contributed by atoms with Gasteiger partial charge in [0.2, 0.25) is 0 Å². The van der Waals surface area contributed by atoms with Gasteiger partial charge in [-0.2, -0.15) is 0 Å². The molecule has 1 unspecified atom stereocenters. The highest BCUT2D eigenvalue weighted by Crippen LogP contribution is 2.47. The summed E-state index contributed by atoms with van der Waals surface area (Å²) < 4.78 is 0. The van der Waals surface area contributed by atoms with Crippen LogP contribution in [0.5, 0.6) is 0 Å². The molecule has 0 aliphatic heterocycles. The maximum atomic E-state index is 2.47. The van der Waals surface area contributed by atoms with E-state index in [0.29, 0.717) is 5.92 Å². The first kappa shape index (κ1) is 9.77. The molecule has 0 fully saturated rings. The Labute approximate surface area is 117 Å². The summed E-state index contributed by atoms with van der Waals surface area (Å²) in [6, 6.07) is 4.66. The van der Waals surface area contributed by atoms with E-state index in [1.54, 1.807) is 38.3 Å². The van der Waals surface area contributed by atoms with E-state index in [-0.39, 0.29) is 0 Å². The summed E-state index contributed by atoms with van der Waals surface area (Å²) in [7, 11) is 0. The Morgan fingerprint density at radius 3 is 2.20 bits per heavy atom. The number of hydrogen-bond acceptors (Lipinski definition) is 0. The van der Waals surface area contributed by atoms with Gasteiger partial charge in [0, 0.05) is 5.92 Å². The molecule has 0 saturated carbocycles. The zero-order valence-corrected chi connectivity index (χ0v) is 11.2. The zero-order valence-electron chi connectivity index (χ0n) is 11.2. The number of hydrogen-bond donors (Lipinski definition) is 0. The molecule has 0 nitrogen and oxygen atoms in total. The van der Waals surface area contributed by atoms with Crippen molar-refractivity contribution in [2.24, 2.45) is 5.92 Å². The SMILES string of the molecule is C1=C2CC=c3ccc4c5c3=C2C2C(=C1)CC=C(CC=4)C=52. The van der Waals surface area contributed by atoms with Crippen LogP contribution in [-0.2, 0) is 0 Å². The quantitative estimate of drug-likeness (QED) is 0.652. The second-order valence-corrected chi connectivity index (χ2v) is 6.44. The van der Waals surface area contributed by atoms with E-state index in [0.717, 1.165) is 19.3 Å². The van der Waals surface area contributed by atoms with Crippen molar-refractivity contribution in [3.63, 3.8) is 0 Å². The number of allylic oxidation sites excluding steroid dienone is 6. The van der Waals surface area contributed by atoms with E-state index in [1.165, 1.54) is 10.4 Å². The second kappa shape index (κ2) is 2.98. The fourth-order valence-electron chi connectivity index (χ4n) is 4.79. The van der Waals surface area contributed by atoms with E-state index in [9.17, 15) is 0 Å². The summed E-state index contributed by atoms with van der Waals surface area (Å²) in [6.45, 7) is 0. The minimum Gasteiger partial charge on any atom is -0.0766 e. The average molecular weight is 254 g/mol. The van der Waals surface area contributed by atoms with E-state index < -0.39 is 0 Å². The Morgan fingerprint density at radius 2 is 1.40 bits per heavy atom. The van der Waals surface area contributed by atoms with Crippen molar-refractivity contribution < 1.29 is 0 Å². The van der Waals surface area contributed by atoms with Gasteiger partial charge in [0.05, 0.1) is 0 Å². The normalized spacial score (nSPS) is 26.4. The zero-order chi connectivity index (χ0) is 12.8. The molecular weight excluding hydrogens is 240 g/mol. The highest BCUT2D eigenvalue weighted by molar-refractivity contribution is 5.93. The van der Waals surface area contributed by atoms with E-state index >= 15 is 0 Å². The van der Waals surface area contributed by atoms with Crippen molar-refractivity contribution in [3.05, 3.63) is 68.0 Å². The van der Waals surface area contributed by atoms with Gasteiger partial charge in [-0.25, -0.2) is 0 Å². The van der Waals surface area contributed by atoms with Crippen LogP contribution < -0.4 is 20.9 Å². The highest BCUT2D eigenvalue weighted by atomic mass is 14.4. The van der Waals surface area contributed by atoms with Crippen LogP contribution in [0, 0.1) is 5.92 Å². The molecule has 0 aromatic heterocycles. The monoisotopic (exact) mass is 254 g/mol. The molecule has 1 aromatic carbocycles. The lowest BCUT2D eigenvalue weighted by Gasteiger charge is -2.32. The molecular formula is C20H14. The Kier molecular flexibility index (Phi) is 1.46. The summed E-state index contributed by atoms with van der Waals surface area (Å²) >= 11 is 0. The molecule has 0 spiro atoms. The summed E-state index contributed by atoms with van der Waals surface area (Å²) in [6.07, 6.45) is 15.5. The van der Waals surface area contributed by atoms with Crippen molar-refractivity contribution >= 4 is 23.3 Å². The smallest absolute Gasteiger partial charge is 0.0323 e. The van der Waals surface area contributed by atoms with Gasteiger partial charge in [0.1, 0.15) is 0 Å². The van der Waals surface area contributed by atoms with Gasteiger partial charge >= 0.3 is 0 Å². The second-order valence-electron chi connectivity index (χ2n) is 6.44. The first-order chi connectivity index (χ1) is 9.92. The van der Waals surface area contributed by atoms with Crippen molar-refractivity contribution in [2.75, 3.05) is 0 Å². The predicted octanol–water partition coefficient (Wildman–Crippen LogP) is 1.18. The van der Waals surface area contributed by atoms with Crippen LogP contribution in [0.3, 0.4) is 0 Å². The molecule has 1 atom stereocenters. The van der Waals surface area contributed by atoms with Crippen LogP contribution in [0.1, 0.15) is 19.3 Å². The lowest BCUT2D eigenvalue weighted by atomic mass is 9.71. The topological polar surface area (TPSA) is 0 Å². The Bertz CT molecular complexity index is 1050. The number of rotatable bonds is 0.